The van der Waals surface area contributed by atoms with Crippen LogP contribution in [0.4, 0.5) is 0 Å². The first-order valence-electron chi connectivity index (χ1n) is 8.94. The van der Waals surface area contributed by atoms with E-state index in [1.807, 2.05) is 18.2 Å². The largest absolute Gasteiger partial charge is 0.465 e. The molecule has 0 unspecified atom stereocenters. The third-order valence-electron chi connectivity index (χ3n) is 5.84. The van der Waals surface area contributed by atoms with E-state index in [1.165, 1.54) is 12.7 Å². The SMILES string of the molecule is COC(=O)c1cccc([C@]2(C)CCN(C[C@@H](N)C(C)C)C[C@@H]2C)c1. The predicted octanol–water partition coefficient (Wildman–Crippen LogP) is 3.06. The molecular weight excluding hydrogens is 300 g/mol. The van der Waals surface area contributed by atoms with Gasteiger partial charge < -0.3 is 15.4 Å². The standard InChI is InChI=1S/C20H32N2O2/c1-14(2)18(21)13-22-10-9-20(4,15(3)12-22)17-8-6-7-16(11-17)19(23)24-5/h6-8,11,14-15,18H,9-10,12-13,21H2,1-5H3/t15-,18+,20+/m0/s1. The lowest BCUT2D eigenvalue weighted by atomic mass is 9.67. The summed E-state index contributed by atoms with van der Waals surface area (Å²) in [6, 6.07) is 8.14. The van der Waals surface area contributed by atoms with Gasteiger partial charge in [0.25, 0.3) is 0 Å². The van der Waals surface area contributed by atoms with Gasteiger partial charge in [0.15, 0.2) is 0 Å². The van der Waals surface area contributed by atoms with Crippen LogP contribution in [0.25, 0.3) is 0 Å². The molecule has 0 aliphatic carbocycles. The predicted molar refractivity (Wildman–Crippen MR) is 98.2 cm³/mol. The molecule has 0 saturated carbocycles. The normalized spacial score (nSPS) is 26.4. The molecule has 1 saturated heterocycles. The molecule has 0 amide bonds. The number of methoxy groups -OCH3 is 1. The molecule has 1 aliphatic heterocycles. The number of hydrogen-bond acceptors (Lipinski definition) is 4. The van der Waals surface area contributed by atoms with E-state index < -0.39 is 0 Å². The van der Waals surface area contributed by atoms with Crippen molar-refractivity contribution in [2.45, 2.75) is 45.6 Å². The van der Waals surface area contributed by atoms with Crippen molar-refractivity contribution in [1.82, 2.24) is 4.90 Å². The van der Waals surface area contributed by atoms with E-state index >= 15 is 0 Å². The van der Waals surface area contributed by atoms with Gasteiger partial charge in [-0.15, -0.1) is 0 Å². The molecule has 2 rings (SSSR count). The van der Waals surface area contributed by atoms with E-state index in [0.717, 1.165) is 26.1 Å². The average Bonchev–Trinajstić information content (AvgIpc) is 2.57. The fourth-order valence-electron chi connectivity index (χ4n) is 3.54. The van der Waals surface area contributed by atoms with E-state index in [2.05, 4.69) is 38.7 Å². The average molecular weight is 332 g/mol. The van der Waals surface area contributed by atoms with Gasteiger partial charge >= 0.3 is 5.97 Å². The van der Waals surface area contributed by atoms with Gasteiger partial charge in [-0.25, -0.2) is 4.79 Å². The van der Waals surface area contributed by atoms with E-state index in [4.69, 9.17) is 10.5 Å². The molecule has 4 heteroatoms. The second-order valence-corrected chi connectivity index (χ2v) is 7.81. The molecule has 1 aliphatic rings. The quantitative estimate of drug-likeness (QED) is 0.842. The fourth-order valence-corrected chi connectivity index (χ4v) is 3.54. The van der Waals surface area contributed by atoms with Crippen molar-refractivity contribution in [3.63, 3.8) is 0 Å². The summed E-state index contributed by atoms with van der Waals surface area (Å²) in [6.07, 6.45) is 1.07. The number of benzene rings is 1. The monoisotopic (exact) mass is 332 g/mol. The molecule has 0 aromatic heterocycles. The lowest BCUT2D eigenvalue weighted by Gasteiger charge is -2.46. The second kappa shape index (κ2) is 7.66. The van der Waals surface area contributed by atoms with Crippen LogP contribution in [0.5, 0.6) is 0 Å². The van der Waals surface area contributed by atoms with Gasteiger partial charge in [0.05, 0.1) is 12.7 Å². The van der Waals surface area contributed by atoms with Crippen LogP contribution >= 0.6 is 0 Å². The van der Waals surface area contributed by atoms with E-state index in [9.17, 15) is 4.79 Å². The number of ether oxygens (including phenoxy) is 1. The first-order valence-corrected chi connectivity index (χ1v) is 8.94. The minimum absolute atomic E-state index is 0.0719. The Bertz CT molecular complexity index is 573. The maximum atomic E-state index is 11.8. The molecule has 0 bridgehead atoms. The van der Waals surface area contributed by atoms with Crippen LogP contribution in [0.3, 0.4) is 0 Å². The third-order valence-corrected chi connectivity index (χ3v) is 5.84. The first kappa shape index (κ1) is 18.9. The Hall–Kier alpha value is -1.39. The summed E-state index contributed by atoms with van der Waals surface area (Å²) in [7, 11) is 1.43. The molecule has 4 nitrogen and oxygen atoms in total. The second-order valence-electron chi connectivity index (χ2n) is 7.81. The number of nitrogens with two attached hydrogens (primary N) is 1. The summed E-state index contributed by atoms with van der Waals surface area (Å²) >= 11 is 0. The molecule has 1 aromatic rings. The zero-order valence-electron chi connectivity index (χ0n) is 15.7. The van der Waals surface area contributed by atoms with Crippen LogP contribution in [0.1, 0.15) is 50.0 Å². The Morgan fingerprint density at radius 2 is 2.17 bits per heavy atom. The van der Waals surface area contributed by atoms with Crippen LogP contribution in [0.15, 0.2) is 24.3 Å². The summed E-state index contributed by atoms with van der Waals surface area (Å²) in [6.45, 7) is 12.0. The van der Waals surface area contributed by atoms with Gasteiger partial charge in [0, 0.05) is 19.1 Å². The van der Waals surface area contributed by atoms with E-state index in [-0.39, 0.29) is 17.4 Å². The van der Waals surface area contributed by atoms with E-state index in [0.29, 0.717) is 17.4 Å². The van der Waals surface area contributed by atoms with Gasteiger partial charge in [0.1, 0.15) is 0 Å². The number of carbonyl (C=O) groups excluding carboxylic acids is 1. The van der Waals surface area contributed by atoms with Crippen LogP contribution in [0.2, 0.25) is 0 Å². The molecule has 0 spiro atoms. The number of likely N-dealkylation sites (tertiary alicyclic amines) is 1. The highest BCUT2D eigenvalue weighted by atomic mass is 16.5. The zero-order valence-corrected chi connectivity index (χ0v) is 15.7. The number of nitrogens with zero attached hydrogens (tertiary/aromatic N) is 1. The lowest BCUT2D eigenvalue weighted by Crippen LogP contribution is -2.51. The molecule has 1 heterocycles. The summed E-state index contributed by atoms with van der Waals surface area (Å²) < 4.78 is 4.86. The Labute approximate surface area is 146 Å². The highest BCUT2D eigenvalue weighted by molar-refractivity contribution is 5.89. The van der Waals surface area contributed by atoms with Crippen molar-refractivity contribution < 1.29 is 9.53 Å². The fraction of sp³-hybridized carbons (Fsp3) is 0.650. The third kappa shape index (κ3) is 3.98. The van der Waals surface area contributed by atoms with Crippen LogP contribution in [-0.4, -0.2) is 43.7 Å². The molecule has 24 heavy (non-hydrogen) atoms. The zero-order chi connectivity index (χ0) is 17.9. The van der Waals surface area contributed by atoms with Gasteiger partial charge in [-0.05, 0) is 47.9 Å². The molecule has 1 aromatic carbocycles. The molecule has 0 radical (unpaired) electrons. The summed E-state index contributed by atoms with van der Waals surface area (Å²) in [5.74, 6) is 0.734. The molecule has 1 fully saturated rings. The molecule has 2 N–H and O–H groups in total. The van der Waals surface area contributed by atoms with Gasteiger partial charge in [-0.1, -0.05) is 39.8 Å². The van der Waals surface area contributed by atoms with Gasteiger partial charge in [-0.2, -0.15) is 0 Å². The Morgan fingerprint density at radius 1 is 1.46 bits per heavy atom. The molecular formula is C20H32N2O2. The molecule has 3 atom stereocenters. The van der Waals surface area contributed by atoms with Crippen LogP contribution < -0.4 is 5.73 Å². The Morgan fingerprint density at radius 3 is 2.75 bits per heavy atom. The first-order chi connectivity index (χ1) is 11.3. The number of carbonyl (C=O) groups is 1. The van der Waals surface area contributed by atoms with Gasteiger partial charge in [0.2, 0.25) is 0 Å². The number of piperidine rings is 1. The number of esters is 1. The highest BCUT2D eigenvalue weighted by Gasteiger charge is 2.38. The number of hydrogen-bond donors (Lipinski definition) is 1. The number of rotatable bonds is 5. The molecule has 134 valence electrons. The van der Waals surface area contributed by atoms with Crippen LogP contribution in [-0.2, 0) is 10.2 Å². The van der Waals surface area contributed by atoms with Crippen molar-refractivity contribution >= 4 is 5.97 Å². The Balaban J connectivity index is 2.13. The summed E-state index contributed by atoms with van der Waals surface area (Å²) in [4.78, 5) is 14.3. The van der Waals surface area contributed by atoms with Crippen molar-refractivity contribution in [3.05, 3.63) is 35.4 Å². The summed E-state index contributed by atoms with van der Waals surface area (Å²) in [5, 5.41) is 0. The smallest absolute Gasteiger partial charge is 0.337 e. The van der Waals surface area contributed by atoms with Crippen LogP contribution in [0, 0.1) is 11.8 Å². The van der Waals surface area contributed by atoms with Crippen molar-refractivity contribution in [3.8, 4) is 0 Å². The maximum absolute atomic E-state index is 11.8. The topological polar surface area (TPSA) is 55.6 Å². The highest BCUT2D eigenvalue weighted by Crippen LogP contribution is 2.39. The lowest BCUT2D eigenvalue weighted by molar-refractivity contribution is 0.0600. The van der Waals surface area contributed by atoms with Gasteiger partial charge in [-0.3, -0.25) is 0 Å². The Kier molecular flexibility index (Phi) is 6.05. The minimum Gasteiger partial charge on any atom is -0.465 e. The maximum Gasteiger partial charge on any atom is 0.337 e. The summed E-state index contributed by atoms with van der Waals surface area (Å²) in [5.41, 5.74) is 8.18. The van der Waals surface area contributed by atoms with Crippen molar-refractivity contribution in [1.29, 1.82) is 0 Å². The van der Waals surface area contributed by atoms with Crippen molar-refractivity contribution in [2.75, 3.05) is 26.7 Å². The van der Waals surface area contributed by atoms with E-state index in [1.54, 1.807) is 0 Å². The van der Waals surface area contributed by atoms with Crippen molar-refractivity contribution in [2.24, 2.45) is 17.6 Å². The minimum atomic E-state index is -0.270.